The fourth-order valence-electron chi connectivity index (χ4n) is 2.23. The smallest absolute Gasteiger partial charge is 0.410 e. The Bertz CT molecular complexity index is 596. The third-order valence-electron chi connectivity index (χ3n) is 3.32. The quantitative estimate of drug-likeness (QED) is 0.853. The summed E-state index contributed by atoms with van der Waals surface area (Å²) in [7, 11) is 1.35. The van der Waals surface area contributed by atoms with E-state index < -0.39 is 11.6 Å². The lowest BCUT2D eigenvalue weighted by molar-refractivity contribution is 0.0270. The number of rotatable bonds is 2. The Labute approximate surface area is 130 Å². The van der Waals surface area contributed by atoms with Gasteiger partial charge in [0, 0.05) is 19.3 Å². The van der Waals surface area contributed by atoms with Crippen LogP contribution in [-0.2, 0) is 9.47 Å². The minimum atomic E-state index is -0.489. The van der Waals surface area contributed by atoms with Gasteiger partial charge in [0.05, 0.1) is 7.11 Å². The van der Waals surface area contributed by atoms with E-state index in [1.165, 1.54) is 7.11 Å². The van der Waals surface area contributed by atoms with Gasteiger partial charge in [0.25, 0.3) is 0 Å². The topological polar surface area (TPSA) is 71.6 Å². The lowest BCUT2D eigenvalue weighted by Gasteiger charge is -2.29. The zero-order valence-electron chi connectivity index (χ0n) is 13.4. The van der Waals surface area contributed by atoms with Crippen molar-refractivity contribution in [1.82, 2.24) is 9.88 Å². The summed E-state index contributed by atoms with van der Waals surface area (Å²) < 4.78 is 10.0. The Hall–Kier alpha value is -2.24. The number of hydrogen-bond acceptors (Lipinski definition) is 4. The Morgan fingerprint density at radius 2 is 2.05 bits per heavy atom. The first-order valence-corrected chi connectivity index (χ1v) is 7.24. The molecule has 2 heterocycles. The van der Waals surface area contributed by atoms with Gasteiger partial charge in [-0.25, -0.2) is 9.59 Å². The number of amides is 1. The Morgan fingerprint density at radius 1 is 1.32 bits per heavy atom. The van der Waals surface area contributed by atoms with Gasteiger partial charge in [0.1, 0.15) is 11.3 Å². The van der Waals surface area contributed by atoms with Gasteiger partial charge in [-0.15, -0.1) is 0 Å². The zero-order chi connectivity index (χ0) is 16.3. The second-order valence-electron chi connectivity index (χ2n) is 6.20. The summed E-state index contributed by atoms with van der Waals surface area (Å²) >= 11 is 0. The molecule has 120 valence electrons. The van der Waals surface area contributed by atoms with E-state index >= 15 is 0 Å². The van der Waals surface area contributed by atoms with Crippen LogP contribution in [0.4, 0.5) is 4.79 Å². The predicted molar refractivity (Wildman–Crippen MR) is 82.5 cm³/mol. The van der Waals surface area contributed by atoms with Crippen LogP contribution in [0, 0.1) is 0 Å². The molecule has 0 spiro atoms. The average molecular weight is 306 g/mol. The number of nitrogens with zero attached hydrogens (tertiary/aromatic N) is 1. The fourth-order valence-corrected chi connectivity index (χ4v) is 2.23. The van der Waals surface area contributed by atoms with E-state index in [1.807, 2.05) is 26.8 Å². The molecule has 1 aromatic heterocycles. The Morgan fingerprint density at radius 3 is 2.59 bits per heavy atom. The van der Waals surface area contributed by atoms with Crippen LogP contribution in [0.15, 0.2) is 18.3 Å². The van der Waals surface area contributed by atoms with Crippen LogP contribution in [0.1, 0.15) is 43.2 Å². The van der Waals surface area contributed by atoms with Crippen molar-refractivity contribution in [2.75, 3.05) is 20.2 Å². The van der Waals surface area contributed by atoms with Gasteiger partial charge in [0.2, 0.25) is 0 Å². The van der Waals surface area contributed by atoms with Gasteiger partial charge in [-0.1, -0.05) is 6.08 Å². The maximum absolute atomic E-state index is 12.0. The van der Waals surface area contributed by atoms with Gasteiger partial charge >= 0.3 is 12.1 Å². The van der Waals surface area contributed by atoms with Crippen molar-refractivity contribution in [3.63, 3.8) is 0 Å². The molecule has 0 saturated carbocycles. The fraction of sp³-hybridized carbons (Fsp3) is 0.500. The monoisotopic (exact) mass is 306 g/mol. The average Bonchev–Trinajstić information content (AvgIpc) is 2.94. The molecule has 0 aromatic carbocycles. The minimum absolute atomic E-state index is 0.299. The van der Waals surface area contributed by atoms with Crippen LogP contribution in [0.5, 0.6) is 0 Å². The third-order valence-corrected chi connectivity index (χ3v) is 3.32. The van der Waals surface area contributed by atoms with Crippen molar-refractivity contribution in [3.8, 4) is 0 Å². The molecular formula is C16H22N2O4. The molecule has 0 radical (unpaired) electrons. The number of esters is 1. The van der Waals surface area contributed by atoms with E-state index in [0.717, 1.165) is 17.6 Å². The highest BCUT2D eigenvalue weighted by atomic mass is 16.6. The van der Waals surface area contributed by atoms with Crippen molar-refractivity contribution in [1.29, 1.82) is 0 Å². The number of methoxy groups -OCH3 is 1. The Kier molecular flexibility index (Phi) is 4.59. The van der Waals surface area contributed by atoms with E-state index in [2.05, 4.69) is 9.72 Å². The zero-order valence-corrected chi connectivity index (χ0v) is 13.4. The first-order valence-electron chi connectivity index (χ1n) is 7.24. The predicted octanol–water partition coefficient (Wildman–Crippen LogP) is 2.83. The summed E-state index contributed by atoms with van der Waals surface area (Å²) in [6, 6.07) is 1.76. The highest BCUT2D eigenvalue weighted by molar-refractivity contribution is 5.89. The van der Waals surface area contributed by atoms with E-state index in [1.54, 1.807) is 17.2 Å². The van der Waals surface area contributed by atoms with Gasteiger partial charge in [0.15, 0.2) is 0 Å². The highest BCUT2D eigenvalue weighted by Gasteiger charge is 2.24. The molecule has 0 fully saturated rings. The molecule has 22 heavy (non-hydrogen) atoms. The van der Waals surface area contributed by atoms with E-state index in [9.17, 15) is 9.59 Å². The second kappa shape index (κ2) is 6.25. The molecule has 1 aromatic rings. The molecule has 2 rings (SSSR count). The lowest BCUT2D eigenvalue weighted by Crippen LogP contribution is -2.39. The molecule has 1 aliphatic rings. The van der Waals surface area contributed by atoms with Crippen molar-refractivity contribution >= 4 is 17.6 Å². The van der Waals surface area contributed by atoms with Crippen LogP contribution < -0.4 is 0 Å². The normalized spacial score (nSPS) is 15.3. The number of ether oxygens (including phenoxy) is 2. The first kappa shape index (κ1) is 16.1. The number of carbonyl (C=O) groups excluding carboxylic acids is 2. The minimum Gasteiger partial charge on any atom is -0.464 e. The lowest BCUT2D eigenvalue weighted by atomic mass is 10.0. The van der Waals surface area contributed by atoms with E-state index in [4.69, 9.17) is 4.74 Å². The molecule has 1 N–H and O–H groups in total. The molecule has 1 aliphatic heterocycles. The SMILES string of the molecule is COC(=O)c1cc(C2=CCN(C(=O)OC(C)(C)C)CC2)c[nH]1. The standard InChI is InChI=1S/C16H22N2O4/c1-16(2,3)22-15(20)18-7-5-11(6-8-18)12-9-13(17-10-12)14(19)21-4/h5,9-10,17H,6-8H2,1-4H3. The number of carbonyl (C=O) groups is 2. The molecule has 1 amide bonds. The summed E-state index contributed by atoms with van der Waals surface area (Å²) in [5.74, 6) is -0.391. The van der Waals surface area contributed by atoms with Crippen molar-refractivity contribution < 1.29 is 19.1 Å². The number of hydrogen-bond donors (Lipinski definition) is 1. The maximum atomic E-state index is 12.0. The largest absolute Gasteiger partial charge is 0.464 e. The van der Waals surface area contributed by atoms with Gasteiger partial charge in [-0.3, -0.25) is 0 Å². The number of aromatic nitrogens is 1. The summed E-state index contributed by atoms with van der Waals surface area (Å²) in [4.78, 5) is 28.0. The van der Waals surface area contributed by atoms with Crippen LogP contribution in [0.3, 0.4) is 0 Å². The van der Waals surface area contributed by atoms with Gasteiger partial charge in [-0.05, 0) is 44.4 Å². The van der Waals surface area contributed by atoms with Crippen LogP contribution in [-0.4, -0.2) is 47.7 Å². The van der Waals surface area contributed by atoms with E-state index in [0.29, 0.717) is 18.8 Å². The summed E-state index contributed by atoms with van der Waals surface area (Å²) in [6.45, 7) is 6.65. The molecule has 0 unspecified atom stereocenters. The molecular weight excluding hydrogens is 284 g/mol. The highest BCUT2D eigenvalue weighted by Crippen LogP contribution is 2.24. The van der Waals surface area contributed by atoms with Crippen LogP contribution in [0.2, 0.25) is 0 Å². The Balaban J connectivity index is 2.01. The summed E-state index contributed by atoms with van der Waals surface area (Å²) in [5.41, 5.74) is 1.99. The summed E-state index contributed by atoms with van der Waals surface area (Å²) in [6.07, 6.45) is 4.18. The molecule has 6 nitrogen and oxygen atoms in total. The molecule has 0 saturated heterocycles. The number of aromatic amines is 1. The van der Waals surface area contributed by atoms with Gasteiger partial charge < -0.3 is 19.4 Å². The second-order valence-corrected chi connectivity index (χ2v) is 6.20. The molecule has 6 heteroatoms. The molecule has 0 atom stereocenters. The third kappa shape index (κ3) is 3.90. The van der Waals surface area contributed by atoms with Crippen molar-refractivity contribution in [2.45, 2.75) is 32.8 Å². The van der Waals surface area contributed by atoms with Crippen LogP contribution >= 0.6 is 0 Å². The molecule has 0 bridgehead atoms. The molecule has 0 aliphatic carbocycles. The van der Waals surface area contributed by atoms with Crippen LogP contribution in [0.25, 0.3) is 5.57 Å². The number of H-pyrrole nitrogens is 1. The summed E-state index contributed by atoms with van der Waals surface area (Å²) in [5, 5.41) is 0. The van der Waals surface area contributed by atoms with E-state index in [-0.39, 0.29) is 6.09 Å². The van der Waals surface area contributed by atoms with Crippen molar-refractivity contribution in [3.05, 3.63) is 29.6 Å². The van der Waals surface area contributed by atoms with Crippen molar-refractivity contribution in [2.24, 2.45) is 0 Å². The maximum Gasteiger partial charge on any atom is 0.410 e. The van der Waals surface area contributed by atoms with Gasteiger partial charge in [-0.2, -0.15) is 0 Å². The number of nitrogens with one attached hydrogen (secondary N) is 1. The first-order chi connectivity index (χ1) is 10.3.